The van der Waals surface area contributed by atoms with Crippen LogP contribution in [0.25, 0.3) is 0 Å². The van der Waals surface area contributed by atoms with Crippen LogP contribution in [-0.2, 0) is 14.3 Å². The molecule has 0 fully saturated rings. The zero-order valence-electron chi connectivity index (χ0n) is 56.2. The molecular weight excluding hydrogens is 1020 g/mol. The Bertz CT molecular complexity index is 1340. The highest BCUT2D eigenvalue weighted by molar-refractivity contribution is 5.76. The molecule has 0 heterocycles. The lowest BCUT2D eigenvalue weighted by molar-refractivity contribution is -0.143. The lowest BCUT2D eigenvalue weighted by atomic mass is 10.0. The van der Waals surface area contributed by atoms with E-state index in [0.29, 0.717) is 19.4 Å². The van der Waals surface area contributed by atoms with Crippen LogP contribution in [0.2, 0.25) is 0 Å². The van der Waals surface area contributed by atoms with E-state index in [2.05, 4.69) is 43.5 Å². The molecule has 0 aliphatic rings. The Labute approximate surface area is 519 Å². The average Bonchev–Trinajstić information content (AvgIpc) is 3.49. The fourth-order valence-corrected chi connectivity index (χ4v) is 11.9. The van der Waals surface area contributed by atoms with Gasteiger partial charge in [0, 0.05) is 12.8 Å². The summed E-state index contributed by atoms with van der Waals surface area (Å²) in [4.78, 5) is 24.6. The van der Waals surface area contributed by atoms with Gasteiger partial charge in [0.15, 0.2) is 0 Å². The zero-order chi connectivity index (χ0) is 59.9. The van der Waals surface area contributed by atoms with Crippen LogP contribution in [0.1, 0.15) is 418 Å². The van der Waals surface area contributed by atoms with Crippen molar-refractivity contribution in [2.75, 3.05) is 13.2 Å². The Balaban J connectivity index is 3.37. The SMILES string of the molecule is CCCCCCCCCCCCCCC/C=C/C(O)C(CO)NC(=O)CCCCCCCCCCCCCCCCCCC/C=C\C/C=C\CCCCCCCCCCCCCOC(=O)CCCCCCCCCCCCCCCCCC. The molecule has 0 saturated carbocycles. The molecule has 0 bridgehead atoms. The van der Waals surface area contributed by atoms with E-state index in [4.69, 9.17) is 4.74 Å². The number of carbonyl (C=O) groups is 2. The van der Waals surface area contributed by atoms with Gasteiger partial charge in [-0.3, -0.25) is 9.59 Å². The maximum atomic E-state index is 12.5. The first-order valence-electron chi connectivity index (χ1n) is 37.8. The molecule has 0 aromatic carbocycles. The lowest BCUT2D eigenvalue weighted by Crippen LogP contribution is -2.45. The minimum absolute atomic E-state index is 0.0206. The number of esters is 1. The normalized spacial score (nSPS) is 12.7. The molecule has 2 unspecified atom stereocenters. The van der Waals surface area contributed by atoms with E-state index in [1.165, 1.54) is 347 Å². The second-order valence-corrected chi connectivity index (χ2v) is 26.0. The summed E-state index contributed by atoms with van der Waals surface area (Å²) in [6, 6.07) is -0.626. The number of allylic oxidation sites excluding steroid dienone is 5. The number of rotatable bonds is 71. The van der Waals surface area contributed by atoms with Gasteiger partial charge >= 0.3 is 5.97 Å². The summed E-state index contributed by atoms with van der Waals surface area (Å²) in [5, 5.41) is 23.2. The molecule has 2 atom stereocenters. The quantitative estimate of drug-likeness (QED) is 0.0320. The van der Waals surface area contributed by atoms with Crippen molar-refractivity contribution in [3.8, 4) is 0 Å². The van der Waals surface area contributed by atoms with Crippen LogP contribution < -0.4 is 5.32 Å². The van der Waals surface area contributed by atoms with E-state index in [1.807, 2.05) is 6.08 Å². The number of aliphatic hydroxyl groups excluding tert-OH is 2. The maximum absolute atomic E-state index is 12.5. The molecule has 1 amide bonds. The fourth-order valence-electron chi connectivity index (χ4n) is 11.9. The lowest BCUT2D eigenvalue weighted by Gasteiger charge is -2.20. The molecule has 0 aliphatic carbocycles. The highest BCUT2D eigenvalue weighted by Gasteiger charge is 2.18. The van der Waals surface area contributed by atoms with Crippen molar-refractivity contribution >= 4 is 11.9 Å². The Hall–Kier alpha value is -1.92. The number of aliphatic hydroxyl groups is 2. The maximum Gasteiger partial charge on any atom is 0.305 e. The van der Waals surface area contributed by atoms with Crippen molar-refractivity contribution < 1.29 is 24.5 Å². The van der Waals surface area contributed by atoms with Gasteiger partial charge in [0.2, 0.25) is 5.91 Å². The van der Waals surface area contributed by atoms with Gasteiger partial charge in [0.1, 0.15) is 0 Å². The third-order valence-corrected chi connectivity index (χ3v) is 17.7. The molecule has 0 spiro atoms. The average molecular weight is 1170 g/mol. The van der Waals surface area contributed by atoms with Gasteiger partial charge in [0.25, 0.3) is 0 Å². The van der Waals surface area contributed by atoms with Crippen LogP contribution in [0.3, 0.4) is 0 Å². The van der Waals surface area contributed by atoms with Crippen molar-refractivity contribution in [3.63, 3.8) is 0 Å². The van der Waals surface area contributed by atoms with Crippen LogP contribution in [-0.4, -0.2) is 47.4 Å². The number of ether oxygens (including phenoxy) is 1. The van der Waals surface area contributed by atoms with Gasteiger partial charge in [-0.25, -0.2) is 0 Å². The smallest absolute Gasteiger partial charge is 0.305 e. The number of hydrogen-bond donors (Lipinski definition) is 3. The second-order valence-electron chi connectivity index (χ2n) is 26.0. The van der Waals surface area contributed by atoms with E-state index in [0.717, 1.165) is 44.9 Å². The first-order chi connectivity index (χ1) is 41.0. The first-order valence-corrected chi connectivity index (χ1v) is 37.8. The number of hydrogen-bond acceptors (Lipinski definition) is 5. The predicted octanol–water partition coefficient (Wildman–Crippen LogP) is 24.7. The van der Waals surface area contributed by atoms with Crippen molar-refractivity contribution in [1.29, 1.82) is 0 Å². The van der Waals surface area contributed by atoms with Crippen molar-refractivity contribution in [2.45, 2.75) is 431 Å². The minimum Gasteiger partial charge on any atom is -0.466 e. The standard InChI is InChI=1S/C77H147NO5/c1-3-5-7-9-11-13-15-17-19-43-47-51-55-59-63-67-71-77(82)83-72-68-64-60-56-52-48-44-40-38-36-34-32-30-28-26-24-22-20-21-23-25-27-29-31-33-35-37-39-42-46-50-54-58-62-66-70-76(81)78-74(73-79)75(80)69-65-61-57-53-49-45-41-18-16-14-12-10-8-6-4-2/h22,24,28,30,65,69,74-75,79-80H,3-21,23,25-27,29,31-64,66-68,70-73H2,1-2H3,(H,78,81)/b24-22-,30-28-,69-65+. The fraction of sp³-hybridized carbons (Fsp3) is 0.896. The topological polar surface area (TPSA) is 95.9 Å². The Kier molecular flexibility index (Phi) is 70.9. The largest absolute Gasteiger partial charge is 0.466 e. The Morgan fingerprint density at radius 2 is 0.602 bits per heavy atom. The van der Waals surface area contributed by atoms with Crippen LogP contribution >= 0.6 is 0 Å². The highest BCUT2D eigenvalue weighted by Crippen LogP contribution is 2.19. The summed E-state index contributed by atoms with van der Waals surface area (Å²) in [6.07, 6.45) is 94.0. The molecule has 83 heavy (non-hydrogen) atoms. The number of carbonyl (C=O) groups excluding carboxylic acids is 2. The molecule has 0 radical (unpaired) electrons. The highest BCUT2D eigenvalue weighted by atomic mass is 16.5. The van der Waals surface area contributed by atoms with Crippen LogP contribution in [0.4, 0.5) is 0 Å². The second kappa shape index (κ2) is 72.6. The Morgan fingerprint density at radius 1 is 0.337 bits per heavy atom. The van der Waals surface area contributed by atoms with Crippen molar-refractivity contribution in [3.05, 3.63) is 36.5 Å². The summed E-state index contributed by atoms with van der Waals surface area (Å²) < 4.78 is 5.50. The first kappa shape index (κ1) is 81.1. The van der Waals surface area contributed by atoms with Crippen LogP contribution in [0.15, 0.2) is 36.5 Å². The molecule has 0 saturated heterocycles. The summed E-state index contributed by atoms with van der Waals surface area (Å²) >= 11 is 0. The summed E-state index contributed by atoms with van der Waals surface area (Å²) in [7, 11) is 0. The third-order valence-electron chi connectivity index (χ3n) is 17.7. The molecule has 0 aliphatic heterocycles. The number of nitrogens with one attached hydrogen (secondary N) is 1. The zero-order valence-corrected chi connectivity index (χ0v) is 56.2. The van der Waals surface area contributed by atoms with Gasteiger partial charge < -0.3 is 20.3 Å². The van der Waals surface area contributed by atoms with Gasteiger partial charge in [-0.15, -0.1) is 0 Å². The molecule has 6 nitrogen and oxygen atoms in total. The summed E-state index contributed by atoms with van der Waals surface area (Å²) in [5.41, 5.74) is 0. The van der Waals surface area contributed by atoms with Crippen molar-refractivity contribution in [2.24, 2.45) is 0 Å². The Morgan fingerprint density at radius 3 is 0.916 bits per heavy atom. The van der Waals surface area contributed by atoms with E-state index < -0.39 is 12.1 Å². The molecule has 6 heteroatoms. The molecule has 0 aromatic rings. The van der Waals surface area contributed by atoms with Crippen LogP contribution in [0.5, 0.6) is 0 Å². The van der Waals surface area contributed by atoms with E-state index in [-0.39, 0.29) is 18.5 Å². The number of unbranched alkanes of at least 4 members (excludes halogenated alkanes) is 56. The molecule has 0 rings (SSSR count). The van der Waals surface area contributed by atoms with Gasteiger partial charge in [-0.2, -0.15) is 0 Å². The predicted molar refractivity (Wildman–Crippen MR) is 366 cm³/mol. The van der Waals surface area contributed by atoms with Gasteiger partial charge in [-0.05, 0) is 64.2 Å². The molecule has 3 N–H and O–H groups in total. The minimum atomic E-state index is -0.843. The van der Waals surface area contributed by atoms with Gasteiger partial charge in [0.05, 0.1) is 25.4 Å². The van der Waals surface area contributed by atoms with E-state index >= 15 is 0 Å². The molecule has 0 aromatic heterocycles. The van der Waals surface area contributed by atoms with E-state index in [9.17, 15) is 19.8 Å². The van der Waals surface area contributed by atoms with E-state index in [1.54, 1.807) is 6.08 Å². The summed E-state index contributed by atoms with van der Waals surface area (Å²) in [5.74, 6) is -0.0426. The monoisotopic (exact) mass is 1170 g/mol. The third kappa shape index (κ3) is 69.1. The van der Waals surface area contributed by atoms with Gasteiger partial charge in [-0.1, -0.05) is 378 Å². The summed E-state index contributed by atoms with van der Waals surface area (Å²) in [6.45, 7) is 4.94. The van der Waals surface area contributed by atoms with Crippen LogP contribution in [0, 0.1) is 0 Å². The molecular formula is C77H147NO5. The molecule has 490 valence electrons. The van der Waals surface area contributed by atoms with Crippen molar-refractivity contribution in [1.82, 2.24) is 5.32 Å². The number of amides is 1.